The van der Waals surface area contributed by atoms with Crippen LogP contribution in [0, 0.1) is 11.8 Å². The van der Waals surface area contributed by atoms with Gasteiger partial charge in [-0.25, -0.2) is 9.36 Å². The zero-order chi connectivity index (χ0) is 25.5. The molecule has 0 saturated carbocycles. The minimum atomic E-state index is 0.0153. The predicted octanol–water partition coefficient (Wildman–Crippen LogP) is 5.37. The molecule has 7 nitrogen and oxygen atoms in total. The van der Waals surface area contributed by atoms with E-state index in [1.165, 1.54) is 0 Å². The zero-order valence-corrected chi connectivity index (χ0v) is 21.8. The molecule has 0 unspecified atom stereocenters. The molecule has 2 aromatic heterocycles. The zero-order valence-electron chi connectivity index (χ0n) is 21.8. The second-order valence-corrected chi connectivity index (χ2v) is 10.4. The maximum Gasteiger partial charge on any atom is 0.193 e. The molecular formula is C29H36N6O. The van der Waals surface area contributed by atoms with E-state index < -0.39 is 0 Å². The molecule has 0 atom stereocenters. The number of aryl methyl sites for hydroxylation is 2. The van der Waals surface area contributed by atoms with Crippen molar-refractivity contribution in [1.82, 2.24) is 30.0 Å². The first-order valence-corrected chi connectivity index (χ1v) is 12.9. The first kappa shape index (κ1) is 25.5. The van der Waals surface area contributed by atoms with Gasteiger partial charge in [-0.15, -0.1) is 10.2 Å². The fraction of sp³-hybridized carbons (Fsp3) is 0.414. The molecule has 0 aliphatic carbocycles. The molecule has 0 aliphatic heterocycles. The number of ketones is 1. The third-order valence-corrected chi connectivity index (χ3v) is 6.25. The number of benzene rings is 2. The lowest BCUT2D eigenvalue weighted by atomic mass is 10.0. The summed E-state index contributed by atoms with van der Waals surface area (Å²) in [6, 6.07) is 15.5. The van der Waals surface area contributed by atoms with Crippen molar-refractivity contribution in [2.75, 3.05) is 0 Å². The van der Waals surface area contributed by atoms with E-state index in [4.69, 9.17) is 0 Å². The first-order valence-electron chi connectivity index (χ1n) is 12.9. The minimum Gasteiger partial charge on any atom is -0.289 e. The molecule has 0 amide bonds. The van der Waals surface area contributed by atoms with Gasteiger partial charge in [-0.2, -0.15) is 0 Å². The van der Waals surface area contributed by atoms with Crippen molar-refractivity contribution in [2.45, 2.75) is 66.5 Å². The average Bonchev–Trinajstić information content (AvgIpc) is 3.51. The lowest BCUT2D eigenvalue weighted by molar-refractivity contribution is 0.103. The largest absolute Gasteiger partial charge is 0.289 e. The Bertz CT molecular complexity index is 1150. The van der Waals surface area contributed by atoms with Gasteiger partial charge in [-0.3, -0.25) is 4.79 Å². The summed E-state index contributed by atoms with van der Waals surface area (Å²) in [5.41, 5.74) is 5.57. The lowest BCUT2D eigenvalue weighted by Crippen LogP contribution is -2.05. The van der Waals surface area contributed by atoms with Crippen molar-refractivity contribution in [2.24, 2.45) is 11.8 Å². The third kappa shape index (κ3) is 7.20. The van der Waals surface area contributed by atoms with Crippen molar-refractivity contribution < 1.29 is 4.79 Å². The van der Waals surface area contributed by atoms with E-state index in [-0.39, 0.29) is 5.78 Å². The first-order chi connectivity index (χ1) is 17.4. The monoisotopic (exact) mass is 484 g/mol. The Morgan fingerprint density at radius 3 is 1.42 bits per heavy atom. The number of nitrogens with zero attached hydrogens (tertiary/aromatic N) is 6. The van der Waals surface area contributed by atoms with Gasteiger partial charge in [0, 0.05) is 23.5 Å². The Kier molecular flexibility index (Phi) is 8.41. The van der Waals surface area contributed by atoms with Gasteiger partial charge < -0.3 is 0 Å². The smallest absolute Gasteiger partial charge is 0.193 e. The summed E-state index contributed by atoms with van der Waals surface area (Å²) in [5, 5.41) is 17.0. The molecule has 36 heavy (non-hydrogen) atoms. The molecule has 2 heterocycles. The number of carbonyl (C=O) groups is 1. The molecule has 0 radical (unpaired) electrons. The lowest BCUT2D eigenvalue weighted by Gasteiger charge is -2.06. The van der Waals surface area contributed by atoms with E-state index in [1.807, 2.05) is 70.3 Å². The van der Waals surface area contributed by atoms with Crippen molar-refractivity contribution in [1.29, 1.82) is 0 Å². The van der Waals surface area contributed by atoms with Crippen LogP contribution in [0.4, 0.5) is 0 Å². The molecule has 4 aromatic rings. The van der Waals surface area contributed by atoms with Gasteiger partial charge in [-0.05, 0) is 48.6 Å². The van der Waals surface area contributed by atoms with Crippen LogP contribution in [0.2, 0.25) is 0 Å². The summed E-state index contributed by atoms with van der Waals surface area (Å²) in [6.07, 6.45) is 8.13. The summed E-state index contributed by atoms with van der Waals surface area (Å²) in [7, 11) is 0. The number of aromatic nitrogens is 6. The van der Waals surface area contributed by atoms with E-state index in [2.05, 4.69) is 48.3 Å². The molecule has 0 bridgehead atoms. The Labute approximate surface area is 213 Å². The number of hydrogen-bond donors (Lipinski definition) is 0. The normalized spacial score (nSPS) is 11.5. The van der Waals surface area contributed by atoms with E-state index in [9.17, 15) is 4.79 Å². The summed E-state index contributed by atoms with van der Waals surface area (Å²) in [5.74, 6) is 1.32. The fourth-order valence-corrected chi connectivity index (χ4v) is 4.00. The molecule has 0 N–H and O–H groups in total. The van der Waals surface area contributed by atoms with E-state index in [0.29, 0.717) is 36.1 Å². The van der Waals surface area contributed by atoms with Gasteiger partial charge in [0.15, 0.2) is 5.78 Å². The molecule has 4 rings (SSSR count). The summed E-state index contributed by atoms with van der Waals surface area (Å²) >= 11 is 0. The van der Waals surface area contributed by atoms with Crippen LogP contribution in [0.25, 0.3) is 0 Å². The van der Waals surface area contributed by atoms with E-state index in [1.54, 1.807) is 0 Å². The number of hydrogen-bond acceptors (Lipinski definition) is 5. The molecule has 0 saturated heterocycles. The van der Waals surface area contributed by atoms with Crippen LogP contribution in [-0.4, -0.2) is 35.8 Å². The maximum atomic E-state index is 13.0. The summed E-state index contributed by atoms with van der Waals surface area (Å²) < 4.78 is 3.71. The standard InChI is InChI=1S/C29H36N6O/c1-21(2)5-15-27-19-34(32-30-27)17-23-7-11-25(12-8-23)29(36)26-13-9-24(10-14-26)18-35-20-28(31-33-35)16-6-22(3)4/h7-14,19-22H,5-6,15-18H2,1-4H3. The van der Waals surface area contributed by atoms with E-state index >= 15 is 0 Å². The Balaban J connectivity index is 1.32. The molecule has 7 heteroatoms. The number of rotatable bonds is 12. The summed E-state index contributed by atoms with van der Waals surface area (Å²) in [6.45, 7) is 10.1. The molecule has 188 valence electrons. The molecular weight excluding hydrogens is 448 g/mol. The highest BCUT2D eigenvalue weighted by Gasteiger charge is 2.10. The van der Waals surface area contributed by atoms with Crippen LogP contribution in [0.5, 0.6) is 0 Å². The Hall–Kier alpha value is -3.61. The van der Waals surface area contributed by atoms with Gasteiger partial charge in [0.25, 0.3) is 0 Å². The highest BCUT2D eigenvalue weighted by Crippen LogP contribution is 2.15. The topological polar surface area (TPSA) is 78.5 Å². The average molecular weight is 485 g/mol. The van der Waals surface area contributed by atoms with Crippen molar-refractivity contribution in [3.05, 3.63) is 94.6 Å². The van der Waals surface area contributed by atoms with Crippen LogP contribution >= 0.6 is 0 Å². The SMILES string of the molecule is CC(C)CCc1cn(Cc2ccc(C(=O)c3ccc(Cn4cc(CCC(C)C)nn4)cc3)cc2)nn1. The van der Waals surface area contributed by atoms with Gasteiger partial charge in [-0.1, -0.05) is 86.7 Å². The van der Waals surface area contributed by atoms with Gasteiger partial charge >= 0.3 is 0 Å². The van der Waals surface area contributed by atoms with Crippen LogP contribution in [-0.2, 0) is 25.9 Å². The predicted molar refractivity (Wildman–Crippen MR) is 141 cm³/mol. The minimum absolute atomic E-state index is 0.0153. The van der Waals surface area contributed by atoms with Gasteiger partial charge in [0.05, 0.1) is 24.5 Å². The second kappa shape index (κ2) is 11.9. The molecule has 0 fully saturated rings. The quantitative estimate of drug-likeness (QED) is 0.253. The molecule has 0 spiro atoms. The Morgan fingerprint density at radius 2 is 1.06 bits per heavy atom. The van der Waals surface area contributed by atoms with Crippen LogP contribution in [0.15, 0.2) is 60.9 Å². The van der Waals surface area contributed by atoms with Gasteiger partial charge in [0.2, 0.25) is 0 Å². The molecule has 2 aromatic carbocycles. The second-order valence-electron chi connectivity index (χ2n) is 10.4. The van der Waals surface area contributed by atoms with Gasteiger partial charge in [0.1, 0.15) is 0 Å². The van der Waals surface area contributed by atoms with Crippen molar-refractivity contribution in [3.8, 4) is 0 Å². The maximum absolute atomic E-state index is 13.0. The van der Waals surface area contributed by atoms with Crippen LogP contribution in [0.3, 0.4) is 0 Å². The van der Waals surface area contributed by atoms with Crippen LogP contribution < -0.4 is 0 Å². The van der Waals surface area contributed by atoms with Crippen LogP contribution in [0.1, 0.15) is 79.0 Å². The number of carbonyl (C=O) groups excluding carboxylic acids is 1. The summed E-state index contributed by atoms with van der Waals surface area (Å²) in [4.78, 5) is 13.0. The van der Waals surface area contributed by atoms with Crippen molar-refractivity contribution in [3.63, 3.8) is 0 Å². The van der Waals surface area contributed by atoms with Crippen molar-refractivity contribution >= 4 is 5.78 Å². The molecule has 0 aliphatic rings. The van der Waals surface area contributed by atoms with E-state index in [0.717, 1.165) is 48.2 Å². The third-order valence-electron chi connectivity index (χ3n) is 6.25. The highest BCUT2D eigenvalue weighted by atomic mass is 16.1. The fourth-order valence-electron chi connectivity index (χ4n) is 4.00. The highest BCUT2D eigenvalue weighted by molar-refractivity contribution is 6.09. The Morgan fingerprint density at radius 1 is 0.667 bits per heavy atom.